The van der Waals surface area contributed by atoms with E-state index in [2.05, 4.69) is 14.8 Å². The van der Waals surface area contributed by atoms with E-state index < -0.39 is 18.4 Å². The number of methoxy groups -OCH3 is 1. The van der Waals surface area contributed by atoms with E-state index in [0.717, 1.165) is 12.1 Å². The summed E-state index contributed by atoms with van der Waals surface area (Å²) in [6, 6.07) is 4.26. The number of ether oxygens (including phenoxy) is 2. The van der Waals surface area contributed by atoms with Gasteiger partial charge in [-0.2, -0.15) is 0 Å². The number of carbonyl (C=O) groups is 1. The maximum absolute atomic E-state index is 11.9. The summed E-state index contributed by atoms with van der Waals surface area (Å²) in [5.74, 6) is -0.868. The van der Waals surface area contributed by atoms with E-state index in [1.54, 1.807) is 7.05 Å². The molecule has 1 atom stereocenters. The van der Waals surface area contributed by atoms with Gasteiger partial charge >= 0.3 is 12.3 Å². The Bertz CT molecular complexity index is 403. The molecule has 100 valence electrons. The van der Waals surface area contributed by atoms with Crippen molar-refractivity contribution in [1.82, 2.24) is 5.32 Å². The lowest BCUT2D eigenvalue weighted by molar-refractivity contribution is -0.274. The van der Waals surface area contributed by atoms with Crippen molar-refractivity contribution in [3.8, 4) is 5.75 Å². The van der Waals surface area contributed by atoms with Gasteiger partial charge in [-0.15, -0.1) is 13.2 Å². The molecule has 0 spiro atoms. The fourth-order valence-corrected chi connectivity index (χ4v) is 1.40. The molecule has 1 aromatic carbocycles. The predicted octanol–water partition coefficient (Wildman–Crippen LogP) is 2.02. The first kappa shape index (κ1) is 14.3. The molecule has 18 heavy (non-hydrogen) atoms. The van der Waals surface area contributed by atoms with Gasteiger partial charge in [0.25, 0.3) is 0 Å². The van der Waals surface area contributed by atoms with E-state index in [1.807, 2.05) is 0 Å². The summed E-state index contributed by atoms with van der Waals surface area (Å²) in [5.41, 5.74) is 0.485. The zero-order valence-corrected chi connectivity index (χ0v) is 9.75. The first-order valence-electron chi connectivity index (χ1n) is 4.98. The molecule has 1 unspecified atom stereocenters. The largest absolute Gasteiger partial charge is 0.573 e. The Morgan fingerprint density at radius 3 is 2.22 bits per heavy atom. The molecule has 0 radical (unpaired) electrons. The molecule has 0 bridgehead atoms. The van der Waals surface area contributed by atoms with E-state index in [-0.39, 0.29) is 5.75 Å². The number of hydrogen-bond donors (Lipinski definition) is 1. The molecule has 0 aromatic heterocycles. The van der Waals surface area contributed by atoms with Crippen molar-refractivity contribution in [2.75, 3.05) is 14.2 Å². The Morgan fingerprint density at radius 1 is 1.28 bits per heavy atom. The van der Waals surface area contributed by atoms with Crippen LogP contribution in [-0.4, -0.2) is 26.5 Å². The van der Waals surface area contributed by atoms with Gasteiger partial charge in [-0.1, -0.05) is 12.1 Å². The monoisotopic (exact) mass is 263 g/mol. The summed E-state index contributed by atoms with van der Waals surface area (Å²) in [6.45, 7) is 0. The van der Waals surface area contributed by atoms with Gasteiger partial charge in [-0.25, -0.2) is 4.79 Å². The normalized spacial score (nSPS) is 12.9. The molecule has 0 heterocycles. The van der Waals surface area contributed by atoms with Gasteiger partial charge in [-0.05, 0) is 24.7 Å². The zero-order valence-electron chi connectivity index (χ0n) is 9.75. The standard InChI is InChI=1S/C11H12F3NO3/c1-15-9(10(16)17-2)7-3-5-8(6-4-7)18-11(12,13)14/h3-6,9,15H,1-2H3. The summed E-state index contributed by atoms with van der Waals surface area (Å²) in [6.07, 6.45) is -4.73. The number of alkyl halides is 3. The topological polar surface area (TPSA) is 47.6 Å². The van der Waals surface area contributed by atoms with Gasteiger partial charge in [0.1, 0.15) is 11.8 Å². The van der Waals surface area contributed by atoms with Crippen molar-refractivity contribution < 1.29 is 27.4 Å². The number of esters is 1. The molecular formula is C11H12F3NO3. The van der Waals surface area contributed by atoms with E-state index in [4.69, 9.17) is 0 Å². The Morgan fingerprint density at radius 2 is 1.83 bits per heavy atom. The van der Waals surface area contributed by atoms with Crippen molar-refractivity contribution in [2.45, 2.75) is 12.4 Å². The number of halogens is 3. The summed E-state index contributed by atoms with van der Waals surface area (Å²) < 4.78 is 44.1. The fraction of sp³-hybridized carbons (Fsp3) is 0.364. The van der Waals surface area contributed by atoms with E-state index in [1.165, 1.54) is 19.2 Å². The van der Waals surface area contributed by atoms with Crippen LogP contribution in [0.15, 0.2) is 24.3 Å². The van der Waals surface area contributed by atoms with E-state index in [0.29, 0.717) is 5.56 Å². The number of benzene rings is 1. The SMILES string of the molecule is CNC(C(=O)OC)c1ccc(OC(F)(F)F)cc1. The zero-order chi connectivity index (χ0) is 13.8. The molecular weight excluding hydrogens is 251 g/mol. The van der Waals surface area contributed by atoms with Gasteiger partial charge in [0.15, 0.2) is 0 Å². The summed E-state index contributed by atoms with van der Waals surface area (Å²) >= 11 is 0. The van der Waals surface area contributed by atoms with E-state index in [9.17, 15) is 18.0 Å². The third-order valence-corrected chi connectivity index (χ3v) is 2.17. The molecule has 0 amide bonds. The summed E-state index contributed by atoms with van der Waals surface area (Å²) in [7, 11) is 2.77. The molecule has 7 heteroatoms. The van der Waals surface area contributed by atoms with Crippen LogP contribution >= 0.6 is 0 Å². The number of rotatable bonds is 4. The number of carbonyl (C=O) groups excluding carboxylic acids is 1. The van der Waals surface area contributed by atoms with Crippen LogP contribution in [0.1, 0.15) is 11.6 Å². The highest BCUT2D eigenvalue weighted by molar-refractivity contribution is 5.77. The molecule has 4 nitrogen and oxygen atoms in total. The van der Waals surface area contributed by atoms with Crippen molar-refractivity contribution in [2.24, 2.45) is 0 Å². The van der Waals surface area contributed by atoms with Crippen LogP contribution < -0.4 is 10.1 Å². The average molecular weight is 263 g/mol. The lowest BCUT2D eigenvalue weighted by atomic mass is 10.1. The van der Waals surface area contributed by atoms with Crippen molar-refractivity contribution in [3.05, 3.63) is 29.8 Å². The molecule has 0 saturated carbocycles. The highest BCUT2D eigenvalue weighted by Crippen LogP contribution is 2.24. The lowest BCUT2D eigenvalue weighted by Crippen LogP contribution is -2.26. The molecule has 0 saturated heterocycles. The Balaban J connectivity index is 2.84. The van der Waals surface area contributed by atoms with Crippen LogP contribution in [0, 0.1) is 0 Å². The highest BCUT2D eigenvalue weighted by atomic mass is 19.4. The third-order valence-electron chi connectivity index (χ3n) is 2.17. The van der Waals surface area contributed by atoms with Crippen LogP contribution in [-0.2, 0) is 9.53 Å². The molecule has 1 rings (SSSR count). The van der Waals surface area contributed by atoms with Gasteiger partial charge in [-0.3, -0.25) is 0 Å². The fourth-order valence-electron chi connectivity index (χ4n) is 1.40. The minimum absolute atomic E-state index is 0.342. The van der Waals surface area contributed by atoms with Crippen molar-refractivity contribution in [3.63, 3.8) is 0 Å². The Kier molecular flexibility index (Phi) is 4.55. The molecule has 0 fully saturated rings. The second-order valence-corrected chi connectivity index (χ2v) is 3.36. The minimum Gasteiger partial charge on any atom is -0.468 e. The summed E-state index contributed by atoms with van der Waals surface area (Å²) in [5, 5.41) is 2.70. The summed E-state index contributed by atoms with van der Waals surface area (Å²) in [4.78, 5) is 11.4. The van der Waals surface area contributed by atoms with Crippen molar-refractivity contribution in [1.29, 1.82) is 0 Å². The molecule has 1 aromatic rings. The Labute approximate surface area is 102 Å². The van der Waals surface area contributed by atoms with Gasteiger partial charge in [0, 0.05) is 0 Å². The minimum atomic E-state index is -4.73. The van der Waals surface area contributed by atoms with Crippen LogP contribution in [0.2, 0.25) is 0 Å². The molecule has 1 N–H and O–H groups in total. The van der Waals surface area contributed by atoms with Crippen LogP contribution in [0.25, 0.3) is 0 Å². The first-order valence-corrected chi connectivity index (χ1v) is 4.98. The highest BCUT2D eigenvalue weighted by Gasteiger charge is 2.31. The quantitative estimate of drug-likeness (QED) is 0.844. The second-order valence-electron chi connectivity index (χ2n) is 3.36. The van der Waals surface area contributed by atoms with Crippen LogP contribution in [0.4, 0.5) is 13.2 Å². The maximum Gasteiger partial charge on any atom is 0.573 e. The first-order chi connectivity index (χ1) is 8.37. The smallest absolute Gasteiger partial charge is 0.468 e. The number of likely N-dealkylation sites (N-methyl/N-ethyl adjacent to an activating group) is 1. The second kappa shape index (κ2) is 5.72. The molecule has 0 aliphatic rings. The average Bonchev–Trinajstić information content (AvgIpc) is 2.30. The van der Waals surface area contributed by atoms with Gasteiger partial charge in [0.2, 0.25) is 0 Å². The van der Waals surface area contributed by atoms with Gasteiger partial charge in [0.05, 0.1) is 7.11 Å². The predicted molar refractivity (Wildman–Crippen MR) is 56.9 cm³/mol. The lowest BCUT2D eigenvalue weighted by Gasteiger charge is -2.15. The van der Waals surface area contributed by atoms with Crippen LogP contribution in [0.5, 0.6) is 5.75 Å². The van der Waals surface area contributed by atoms with Crippen LogP contribution in [0.3, 0.4) is 0 Å². The Hall–Kier alpha value is -1.76. The maximum atomic E-state index is 11.9. The van der Waals surface area contributed by atoms with Gasteiger partial charge < -0.3 is 14.8 Å². The molecule has 0 aliphatic heterocycles. The molecule has 0 aliphatic carbocycles. The number of nitrogens with one attached hydrogen (secondary N) is 1. The van der Waals surface area contributed by atoms with Crippen molar-refractivity contribution >= 4 is 5.97 Å². The third kappa shape index (κ3) is 3.92. The van der Waals surface area contributed by atoms with E-state index >= 15 is 0 Å². The number of hydrogen-bond acceptors (Lipinski definition) is 4.